The van der Waals surface area contributed by atoms with Gasteiger partial charge in [0.25, 0.3) is 0 Å². The SMILES string of the molecule is c1ccc(Cc2cccc(CNC3CC3)c2)nc1. The van der Waals surface area contributed by atoms with Crippen LogP contribution < -0.4 is 5.32 Å². The molecule has 1 fully saturated rings. The molecule has 1 aliphatic rings. The highest BCUT2D eigenvalue weighted by Gasteiger charge is 2.19. The van der Waals surface area contributed by atoms with Crippen molar-refractivity contribution in [1.29, 1.82) is 0 Å². The summed E-state index contributed by atoms with van der Waals surface area (Å²) in [5.41, 5.74) is 3.84. The predicted octanol–water partition coefficient (Wildman–Crippen LogP) is 2.92. The van der Waals surface area contributed by atoms with Crippen LogP contribution in [0.1, 0.15) is 29.7 Å². The van der Waals surface area contributed by atoms with Gasteiger partial charge < -0.3 is 5.32 Å². The van der Waals surface area contributed by atoms with Crippen molar-refractivity contribution >= 4 is 0 Å². The maximum Gasteiger partial charge on any atom is 0.0447 e. The van der Waals surface area contributed by atoms with Gasteiger partial charge in [-0.25, -0.2) is 0 Å². The average molecular weight is 238 g/mol. The minimum atomic E-state index is 0.768. The lowest BCUT2D eigenvalue weighted by molar-refractivity contribution is 0.687. The Bertz CT molecular complexity index is 504. The number of hydrogen-bond donors (Lipinski definition) is 1. The van der Waals surface area contributed by atoms with Gasteiger partial charge >= 0.3 is 0 Å². The van der Waals surface area contributed by atoms with Crippen molar-refractivity contribution in [2.24, 2.45) is 0 Å². The Labute approximate surface area is 108 Å². The number of nitrogens with zero attached hydrogens (tertiary/aromatic N) is 1. The second-order valence-electron chi connectivity index (χ2n) is 4.97. The Kier molecular flexibility index (Phi) is 3.37. The van der Waals surface area contributed by atoms with Crippen molar-refractivity contribution in [1.82, 2.24) is 10.3 Å². The predicted molar refractivity (Wildman–Crippen MR) is 73.3 cm³/mol. The number of nitrogens with one attached hydrogen (secondary N) is 1. The Hall–Kier alpha value is -1.67. The van der Waals surface area contributed by atoms with Crippen molar-refractivity contribution in [3.63, 3.8) is 0 Å². The van der Waals surface area contributed by atoms with Gasteiger partial charge in [-0.3, -0.25) is 4.98 Å². The molecule has 1 heterocycles. The van der Waals surface area contributed by atoms with E-state index < -0.39 is 0 Å². The van der Waals surface area contributed by atoms with Gasteiger partial charge in [-0.1, -0.05) is 30.3 Å². The molecule has 0 bridgehead atoms. The first-order valence-corrected chi connectivity index (χ1v) is 6.61. The van der Waals surface area contributed by atoms with Crippen molar-refractivity contribution in [3.05, 3.63) is 65.5 Å². The molecule has 0 amide bonds. The van der Waals surface area contributed by atoms with Crippen LogP contribution in [0.15, 0.2) is 48.7 Å². The summed E-state index contributed by atoms with van der Waals surface area (Å²) >= 11 is 0. The summed E-state index contributed by atoms with van der Waals surface area (Å²) in [5.74, 6) is 0. The maximum absolute atomic E-state index is 4.37. The molecule has 0 aliphatic heterocycles. The summed E-state index contributed by atoms with van der Waals surface area (Å²) in [6.07, 6.45) is 5.45. The molecule has 92 valence electrons. The van der Waals surface area contributed by atoms with Gasteiger partial charge in [-0.05, 0) is 36.1 Å². The minimum Gasteiger partial charge on any atom is -0.310 e. The van der Waals surface area contributed by atoms with E-state index in [1.165, 1.54) is 24.0 Å². The fourth-order valence-electron chi connectivity index (χ4n) is 2.11. The number of rotatable bonds is 5. The molecule has 1 aromatic carbocycles. The van der Waals surface area contributed by atoms with Gasteiger partial charge in [-0.2, -0.15) is 0 Å². The third-order valence-electron chi connectivity index (χ3n) is 3.27. The summed E-state index contributed by atoms with van der Waals surface area (Å²) in [7, 11) is 0. The topological polar surface area (TPSA) is 24.9 Å². The molecule has 1 aliphatic carbocycles. The highest BCUT2D eigenvalue weighted by molar-refractivity contribution is 5.27. The lowest BCUT2D eigenvalue weighted by Gasteiger charge is -2.06. The Morgan fingerprint density at radius 2 is 1.94 bits per heavy atom. The van der Waals surface area contributed by atoms with Crippen molar-refractivity contribution in [3.8, 4) is 0 Å². The van der Waals surface area contributed by atoms with Crippen LogP contribution in [0.4, 0.5) is 0 Å². The van der Waals surface area contributed by atoms with E-state index in [9.17, 15) is 0 Å². The molecule has 0 radical (unpaired) electrons. The zero-order valence-electron chi connectivity index (χ0n) is 10.5. The third kappa shape index (κ3) is 3.17. The summed E-state index contributed by atoms with van der Waals surface area (Å²) in [6.45, 7) is 0.987. The lowest BCUT2D eigenvalue weighted by atomic mass is 10.1. The van der Waals surface area contributed by atoms with Crippen LogP contribution in [-0.2, 0) is 13.0 Å². The minimum absolute atomic E-state index is 0.768. The fraction of sp³-hybridized carbons (Fsp3) is 0.312. The van der Waals surface area contributed by atoms with Gasteiger partial charge in [0.2, 0.25) is 0 Å². The molecule has 2 heteroatoms. The maximum atomic E-state index is 4.37. The Morgan fingerprint density at radius 3 is 2.72 bits per heavy atom. The fourth-order valence-corrected chi connectivity index (χ4v) is 2.11. The van der Waals surface area contributed by atoms with E-state index >= 15 is 0 Å². The molecule has 1 N–H and O–H groups in total. The van der Waals surface area contributed by atoms with Crippen molar-refractivity contribution < 1.29 is 0 Å². The van der Waals surface area contributed by atoms with Gasteiger partial charge in [0.1, 0.15) is 0 Å². The monoisotopic (exact) mass is 238 g/mol. The molecule has 0 atom stereocenters. The van der Waals surface area contributed by atoms with Crippen molar-refractivity contribution in [2.45, 2.75) is 31.8 Å². The first-order chi connectivity index (χ1) is 8.90. The van der Waals surface area contributed by atoms with Crippen LogP contribution in [0, 0.1) is 0 Å². The number of pyridine rings is 1. The molecule has 18 heavy (non-hydrogen) atoms. The molecule has 2 aromatic rings. The molecule has 2 nitrogen and oxygen atoms in total. The van der Waals surface area contributed by atoms with Gasteiger partial charge in [0, 0.05) is 30.9 Å². The molecule has 0 unspecified atom stereocenters. The van der Waals surface area contributed by atoms with Crippen molar-refractivity contribution in [2.75, 3.05) is 0 Å². The van der Waals surface area contributed by atoms with Crippen LogP contribution in [0.25, 0.3) is 0 Å². The Balaban J connectivity index is 1.66. The molecular formula is C16H18N2. The smallest absolute Gasteiger partial charge is 0.0447 e. The Morgan fingerprint density at radius 1 is 1.06 bits per heavy atom. The van der Waals surface area contributed by atoms with Crippen LogP contribution in [0.5, 0.6) is 0 Å². The number of aromatic nitrogens is 1. The van der Waals surface area contributed by atoms with Crippen LogP contribution in [0.3, 0.4) is 0 Å². The van der Waals surface area contributed by atoms with E-state index in [-0.39, 0.29) is 0 Å². The van der Waals surface area contributed by atoms with Crippen LogP contribution in [-0.4, -0.2) is 11.0 Å². The highest BCUT2D eigenvalue weighted by atomic mass is 14.9. The molecule has 0 saturated heterocycles. The normalized spacial score (nSPS) is 14.7. The number of benzene rings is 1. The van der Waals surface area contributed by atoms with Gasteiger partial charge in [0.15, 0.2) is 0 Å². The summed E-state index contributed by atoms with van der Waals surface area (Å²) in [4.78, 5) is 4.37. The van der Waals surface area contributed by atoms with E-state index in [0.29, 0.717) is 0 Å². The summed E-state index contributed by atoms with van der Waals surface area (Å²) < 4.78 is 0. The molecule has 1 saturated carbocycles. The zero-order valence-corrected chi connectivity index (χ0v) is 10.5. The first kappa shape index (κ1) is 11.4. The average Bonchev–Trinajstić information content (AvgIpc) is 3.22. The summed E-state index contributed by atoms with van der Waals surface area (Å²) in [6, 6.07) is 15.6. The quantitative estimate of drug-likeness (QED) is 0.866. The standard InChI is InChI=1S/C16H18N2/c1-2-9-17-16(6-1)11-13-4-3-5-14(10-13)12-18-15-7-8-15/h1-6,9-10,15,18H,7-8,11-12H2. The van der Waals surface area contributed by atoms with Crippen LogP contribution >= 0.6 is 0 Å². The second kappa shape index (κ2) is 5.32. The summed E-state index contributed by atoms with van der Waals surface area (Å²) in [5, 5.41) is 3.55. The zero-order chi connectivity index (χ0) is 12.2. The largest absolute Gasteiger partial charge is 0.310 e. The molecular weight excluding hydrogens is 220 g/mol. The first-order valence-electron chi connectivity index (χ1n) is 6.61. The molecule has 1 aromatic heterocycles. The van der Waals surface area contributed by atoms with E-state index in [1.54, 1.807) is 0 Å². The highest BCUT2D eigenvalue weighted by Crippen LogP contribution is 2.19. The van der Waals surface area contributed by atoms with E-state index in [0.717, 1.165) is 24.7 Å². The second-order valence-corrected chi connectivity index (χ2v) is 4.97. The van der Waals surface area contributed by atoms with Crippen LogP contribution in [0.2, 0.25) is 0 Å². The van der Waals surface area contributed by atoms with Gasteiger partial charge in [-0.15, -0.1) is 0 Å². The molecule has 3 rings (SSSR count). The number of hydrogen-bond acceptors (Lipinski definition) is 2. The lowest BCUT2D eigenvalue weighted by Crippen LogP contribution is -2.15. The molecule has 0 spiro atoms. The van der Waals surface area contributed by atoms with E-state index in [1.807, 2.05) is 18.3 Å². The van der Waals surface area contributed by atoms with Gasteiger partial charge in [0.05, 0.1) is 0 Å². The van der Waals surface area contributed by atoms with E-state index in [4.69, 9.17) is 0 Å². The third-order valence-corrected chi connectivity index (χ3v) is 3.27. The van der Waals surface area contributed by atoms with E-state index in [2.05, 4.69) is 40.6 Å².